The zero-order chi connectivity index (χ0) is 20.1. The molecular formula is C17H20N4O5S2. The first-order chi connectivity index (χ1) is 13.3. The smallest absolute Gasteiger partial charge is 0.317 e. The molecule has 0 bridgehead atoms. The van der Waals surface area contributed by atoms with Crippen molar-refractivity contribution in [1.29, 1.82) is 0 Å². The summed E-state index contributed by atoms with van der Waals surface area (Å²) in [6.45, 7) is 1.60. The van der Waals surface area contributed by atoms with E-state index in [-0.39, 0.29) is 11.9 Å². The summed E-state index contributed by atoms with van der Waals surface area (Å²) in [5.41, 5.74) is 0.812. The van der Waals surface area contributed by atoms with E-state index in [0.717, 1.165) is 10.2 Å². The van der Waals surface area contributed by atoms with E-state index in [1.54, 1.807) is 11.8 Å². The Morgan fingerprint density at radius 3 is 2.86 bits per heavy atom. The third-order valence-corrected chi connectivity index (χ3v) is 7.99. The molecule has 11 heteroatoms. The lowest BCUT2D eigenvalue weighted by molar-refractivity contribution is -0.135. The average molecular weight is 425 g/mol. The van der Waals surface area contributed by atoms with Crippen molar-refractivity contribution < 1.29 is 23.1 Å². The van der Waals surface area contributed by atoms with Gasteiger partial charge in [-0.1, -0.05) is 30.4 Å². The Morgan fingerprint density at radius 2 is 2.14 bits per heavy atom. The molecule has 0 aliphatic carbocycles. The highest BCUT2D eigenvalue weighted by Gasteiger charge is 2.55. The number of anilines is 1. The van der Waals surface area contributed by atoms with Crippen LogP contribution in [-0.2, 0) is 19.6 Å². The summed E-state index contributed by atoms with van der Waals surface area (Å²) in [4.78, 5) is 29.8. The quantitative estimate of drug-likeness (QED) is 0.700. The third-order valence-electron chi connectivity index (χ3n) is 5.25. The number of hydrogen-bond acceptors (Lipinski definition) is 7. The van der Waals surface area contributed by atoms with Crippen LogP contribution in [0, 0.1) is 5.92 Å². The fourth-order valence-corrected chi connectivity index (χ4v) is 6.69. The molecule has 0 radical (unpaired) electrons. The Hall–Kier alpha value is -2.08. The predicted molar refractivity (Wildman–Crippen MR) is 105 cm³/mol. The molecule has 0 saturated carbocycles. The number of aliphatic carboxylic acids is 1. The number of amides is 1. The fraction of sp³-hybridized carbons (Fsp3) is 0.471. The molecule has 4 rings (SSSR count). The first-order valence-corrected chi connectivity index (χ1v) is 11.3. The molecule has 9 nitrogen and oxygen atoms in total. The molecule has 1 aromatic heterocycles. The van der Waals surface area contributed by atoms with Crippen LogP contribution < -0.4 is 10.2 Å². The second kappa shape index (κ2) is 7.07. The predicted octanol–water partition coefficient (Wildman–Crippen LogP) is 0.683. The van der Waals surface area contributed by atoms with Crippen molar-refractivity contribution >= 4 is 48.6 Å². The van der Waals surface area contributed by atoms with Gasteiger partial charge in [-0.05, 0) is 18.6 Å². The van der Waals surface area contributed by atoms with E-state index in [4.69, 9.17) is 5.11 Å². The molecular weight excluding hydrogens is 404 g/mol. The highest BCUT2D eigenvalue weighted by atomic mass is 32.2. The largest absolute Gasteiger partial charge is 0.480 e. The number of carbonyl (C=O) groups is 2. The maximum Gasteiger partial charge on any atom is 0.317 e. The van der Waals surface area contributed by atoms with Gasteiger partial charge in [0.1, 0.15) is 5.88 Å². The number of aromatic nitrogens is 1. The van der Waals surface area contributed by atoms with Crippen LogP contribution in [0.2, 0.25) is 0 Å². The van der Waals surface area contributed by atoms with Crippen molar-refractivity contribution in [3.63, 3.8) is 0 Å². The van der Waals surface area contributed by atoms with Crippen LogP contribution in [0.3, 0.4) is 0 Å². The number of nitrogens with zero attached hydrogens (tertiary/aromatic N) is 3. The third kappa shape index (κ3) is 3.17. The maximum absolute atomic E-state index is 12.9. The number of thiazole rings is 1. The van der Waals surface area contributed by atoms with Gasteiger partial charge in [-0.2, -0.15) is 4.31 Å². The number of fused-ring (bicyclic) bond motifs is 2. The fourth-order valence-electron chi connectivity index (χ4n) is 4.06. The number of benzene rings is 1. The Balaban J connectivity index is 1.60. The van der Waals surface area contributed by atoms with Gasteiger partial charge in [0.2, 0.25) is 15.9 Å². The first-order valence-electron chi connectivity index (χ1n) is 8.90. The van der Waals surface area contributed by atoms with Gasteiger partial charge in [-0.3, -0.25) is 19.8 Å². The first kappa shape index (κ1) is 19.2. The summed E-state index contributed by atoms with van der Waals surface area (Å²) < 4.78 is 27.8. The Labute approximate surface area is 166 Å². The summed E-state index contributed by atoms with van der Waals surface area (Å²) in [5.74, 6) is -2.22. The molecule has 0 spiro atoms. The van der Waals surface area contributed by atoms with Gasteiger partial charge in [0.15, 0.2) is 5.13 Å². The van der Waals surface area contributed by atoms with E-state index in [2.05, 4.69) is 10.3 Å². The van der Waals surface area contributed by atoms with Crippen LogP contribution in [0.25, 0.3) is 10.2 Å². The maximum atomic E-state index is 12.9. The monoisotopic (exact) mass is 424 g/mol. The number of carboxylic acids is 1. The molecule has 3 heterocycles. The molecule has 2 saturated heterocycles. The minimum absolute atomic E-state index is 0.132. The van der Waals surface area contributed by atoms with Crippen molar-refractivity contribution in [1.82, 2.24) is 14.6 Å². The number of para-hydroxylation sites is 1. The molecule has 2 fully saturated rings. The molecule has 1 amide bonds. The lowest BCUT2D eigenvalue weighted by Gasteiger charge is -2.25. The van der Waals surface area contributed by atoms with Gasteiger partial charge in [0, 0.05) is 6.54 Å². The number of rotatable bonds is 6. The van der Waals surface area contributed by atoms with Crippen molar-refractivity contribution in [2.75, 3.05) is 23.9 Å². The topological polar surface area (TPSA) is 120 Å². The SMILES string of the molecule is C[C@@H]1C(=O)N(c2nc3ccccc3s2)[C@H]2CCN(S(=O)(=O)CNCC(=O)O)[C@H]12. The Morgan fingerprint density at radius 1 is 1.39 bits per heavy atom. The van der Waals surface area contributed by atoms with Gasteiger partial charge in [0.05, 0.1) is 34.8 Å². The molecule has 2 aromatic rings. The van der Waals surface area contributed by atoms with Crippen LogP contribution >= 0.6 is 11.3 Å². The lowest BCUT2D eigenvalue weighted by Crippen LogP contribution is -2.45. The summed E-state index contributed by atoms with van der Waals surface area (Å²) in [6.07, 6.45) is 0.523. The van der Waals surface area contributed by atoms with Crippen molar-refractivity contribution in [3.8, 4) is 0 Å². The number of sulfonamides is 1. The van der Waals surface area contributed by atoms with Crippen LogP contribution in [-0.4, -0.2) is 65.7 Å². The summed E-state index contributed by atoms with van der Waals surface area (Å²) in [5, 5.41) is 11.7. The highest BCUT2D eigenvalue weighted by molar-refractivity contribution is 7.89. The Kier molecular flexibility index (Phi) is 4.86. The van der Waals surface area contributed by atoms with E-state index in [1.165, 1.54) is 15.6 Å². The molecule has 1 aromatic carbocycles. The van der Waals surface area contributed by atoms with E-state index in [9.17, 15) is 18.0 Å². The molecule has 2 N–H and O–H groups in total. The van der Waals surface area contributed by atoms with E-state index in [1.807, 2.05) is 24.3 Å². The van der Waals surface area contributed by atoms with E-state index in [0.29, 0.717) is 18.1 Å². The zero-order valence-corrected chi connectivity index (χ0v) is 16.7. The van der Waals surface area contributed by atoms with Crippen LogP contribution in [0.15, 0.2) is 24.3 Å². The lowest BCUT2D eigenvalue weighted by atomic mass is 10.0. The minimum Gasteiger partial charge on any atom is -0.480 e. The molecule has 28 heavy (non-hydrogen) atoms. The summed E-state index contributed by atoms with van der Waals surface area (Å²) in [7, 11) is -3.73. The number of carboxylic acid groups (broad SMARTS) is 1. The van der Waals surface area contributed by atoms with Crippen molar-refractivity contribution in [2.24, 2.45) is 5.92 Å². The summed E-state index contributed by atoms with van der Waals surface area (Å²) in [6, 6.07) is 6.88. The van der Waals surface area contributed by atoms with Gasteiger partial charge in [0.25, 0.3) is 0 Å². The zero-order valence-electron chi connectivity index (χ0n) is 15.1. The molecule has 150 valence electrons. The molecule has 2 aliphatic heterocycles. The molecule has 2 aliphatic rings. The van der Waals surface area contributed by atoms with Gasteiger partial charge < -0.3 is 5.11 Å². The van der Waals surface area contributed by atoms with Crippen molar-refractivity contribution in [2.45, 2.75) is 25.4 Å². The second-order valence-electron chi connectivity index (χ2n) is 7.00. The summed E-state index contributed by atoms with van der Waals surface area (Å²) >= 11 is 1.42. The standard InChI is InChI=1S/C17H20N4O5S2/c1-10-15-12(6-7-20(15)28(25,26)9-18-8-14(22)23)21(16(10)24)17-19-11-4-2-3-5-13(11)27-17/h2-5,10,12,15,18H,6-9H2,1H3,(H,22,23)/t10-,12-,15+/m0/s1. The van der Waals surface area contributed by atoms with Crippen molar-refractivity contribution in [3.05, 3.63) is 24.3 Å². The molecule has 0 unspecified atom stereocenters. The minimum atomic E-state index is -3.73. The van der Waals surface area contributed by atoms with Gasteiger partial charge >= 0.3 is 5.97 Å². The number of hydrogen-bond donors (Lipinski definition) is 2. The van der Waals surface area contributed by atoms with Crippen LogP contribution in [0.1, 0.15) is 13.3 Å². The second-order valence-corrected chi connectivity index (χ2v) is 9.93. The van der Waals surface area contributed by atoms with Crippen LogP contribution in [0.5, 0.6) is 0 Å². The number of nitrogens with one attached hydrogen (secondary N) is 1. The molecule has 3 atom stereocenters. The highest BCUT2D eigenvalue weighted by Crippen LogP contribution is 2.42. The van der Waals surface area contributed by atoms with Gasteiger partial charge in [-0.25, -0.2) is 13.4 Å². The normalized spacial score (nSPS) is 25.5. The van der Waals surface area contributed by atoms with E-state index < -0.39 is 40.4 Å². The van der Waals surface area contributed by atoms with Crippen LogP contribution in [0.4, 0.5) is 5.13 Å². The van der Waals surface area contributed by atoms with E-state index >= 15 is 0 Å². The number of carbonyl (C=O) groups excluding carboxylic acids is 1. The Bertz CT molecular complexity index is 1000. The average Bonchev–Trinajstić information content (AvgIpc) is 3.30. The van der Waals surface area contributed by atoms with Gasteiger partial charge in [-0.15, -0.1) is 0 Å².